The summed E-state index contributed by atoms with van der Waals surface area (Å²) >= 11 is 0. The summed E-state index contributed by atoms with van der Waals surface area (Å²) < 4.78 is 7.87. The molecule has 0 radical (unpaired) electrons. The number of rotatable bonds is 3. The van der Waals surface area contributed by atoms with Crippen LogP contribution in [0.5, 0.6) is 0 Å². The number of benzene rings is 3. The van der Waals surface area contributed by atoms with Crippen molar-refractivity contribution in [2.45, 2.75) is 211 Å². The minimum absolute atomic E-state index is 0.0111. The van der Waals surface area contributed by atoms with Gasteiger partial charge < -0.3 is 14.2 Å². The van der Waals surface area contributed by atoms with Gasteiger partial charge in [-0.15, -0.1) is 0 Å². The first-order valence-electron chi connectivity index (χ1n) is 30.3. The number of hydrogen-bond acceptors (Lipinski definition) is 3. The van der Waals surface area contributed by atoms with Gasteiger partial charge in [0, 0.05) is 28.2 Å². The Hall–Kier alpha value is -4.70. The van der Waals surface area contributed by atoms with Gasteiger partial charge in [-0.3, -0.25) is 0 Å². The third-order valence-electron chi connectivity index (χ3n) is 22.8. The molecule has 398 valence electrons. The Balaban J connectivity index is 1.17. The molecule has 0 saturated heterocycles. The molecule has 3 aromatic carbocycles. The van der Waals surface area contributed by atoms with Crippen LogP contribution in [-0.4, -0.2) is 17.7 Å². The Morgan fingerprint density at radius 3 is 1.99 bits per heavy atom. The molecule has 2 aliphatic heterocycles. The second-order valence-electron chi connectivity index (χ2n) is 31.4. The van der Waals surface area contributed by atoms with Crippen molar-refractivity contribution < 1.29 is 4.42 Å². The molecular weight excluding hydrogens is 920 g/mol. The zero-order chi connectivity index (χ0) is 53.8. The van der Waals surface area contributed by atoms with Crippen LogP contribution in [0, 0.1) is 44.8 Å². The van der Waals surface area contributed by atoms with Crippen LogP contribution in [0.25, 0.3) is 16.5 Å². The van der Waals surface area contributed by atoms with Gasteiger partial charge in [-0.05, 0) is 212 Å². The summed E-state index contributed by atoms with van der Waals surface area (Å²) in [6.07, 6.45) is 22.6. The fourth-order valence-corrected chi connectivity index (χ4v) is 17.4. The third-order valence-corrected chi connectivity index (χ3v) is 22.8. The normalized spacial score (nSPS) is 30.1. The van der Waals surface area contributed by atoms with Gasteiger partial charge in [0.25, 0.3) is 6.71 Å². The lowest BCUT2D eigenvalue weighted by atomic mass is 9.31. The maximum absolute atomic E-state index is 7.87. The average Bonchev–Trinajstić information content (AvgIpc) is 3.91. The first-order valence-corrected chi connectivity index (χ1v) is 30.3. The maximum Gasteiger partial charge on any atom is 0.292 e. The first kappa shape index (κ1) is 50.8. The number of furan rings is 1. The standard InChI is InChI=1S/C72H91BN2O/c1-42-23-24-43(2)48-39-60-49(38-47(42)48)64-65(76-60)73-55-40-53-54(71(14,15)32-31-70(53,12)13)41-57(55)75(56-28-27-51-62(61(56)44-21-19-18-20-22-44)72(16,17)34-33-68(51,8)9)59-36-45(66(3,4)5)35-58(63(59)73)74(64)46-25-26-50-52(37-46)69(10,11)30-29-67(50,6)7/h18-22,25-28,36-40,42-43,51,54,58,62H,23-24,29-35,41H2,1-17H3. The summed E-state index contributed by atoms with van der Waals surface area (Å²) in [6.45, 7) is 42.9. The van der Waals surface area contributed by atoms with Crippen molar-refractivity contribution in [2.24, 2.45) is 44.8 Å². The van der Waals surface area contributed by atoms with Gasteiger partial charge in [-0.1, -0.05) is 177 Å². The maximum atomic E-state index is 7.87. The molecular formula is C72H91BN2O. The molecule has 0 spiro atoms. The van der Waals surface area contributed by atoms with Crippen molar-refractivity contribution in [3.63, 3.8) is 0 Å². The van der Waals surface area contributed by atoms with Gasteiger partial charge in [0.15, 0.2) is 0 Å². The lowest BCUT2D eigenvalue weighted by molar-refractivity contribution is 0.0377. The molecule has 4 aromatic rings. The molecule has 2 fully saturated rings. The second-order valence-corrected chi connectivity index (χ2v) is 31.4. The van der Waals surface area contributed by atoms with Crippen molar-refractivity contribution in [3.05, 3.63) is 152 Å². The van der Waals surface area contributed by atoms with E-state index in [0.29, 0.717) is 29.6 Å². The van der Waals surface area contributed by atoms with Gasteiger partial charge in [0.1, 0.15) is 5.58 Å². The molecule has 0 N–H and O–H groups in total. The summed E-state index contributed by atoms with van der Waals surface area (Å²) in [5.74, 6) is 2.26. The zero-order valence-electron chi connectivity index (χ0n) is 50.0. The van der Waals surface area contributed by atoms with Crippen LogP contribution in [0.1, 0.15) is 222 Å². The smallest absolute Gasteiger partial charge is 0.292 e. The molecule has 9 aliphatic rings. The fourth-order valence-electron chi connectivity index (χ4n) is 17.4. The van der Waals surface area contributed by atoms with E-state index in [2.05, 4.69) is 212 Å². The molecule has 1 aromatic heterocycles. The van der Waals surface area contributed by atoms with Crippen molar-refractivity contribution in [1.29, 1.82) is 0 Å². The van der Waals surface area contributed by atoms with Gasteiger partial charge in [-0.25, -0.2) is 0 Å². The van der Waals surface area contributed by atoms with Crippen molar-refractivity contribution in [2.75, 3.05) is 4.90 Å². The van der Waals surface area contributed by atoms with E-state index in [9.17, 15) is 0 Å². The topological polar surface area (TPSA) is 19.6 Å². The molecule has 0 bridgehead atoms. The molecule has 6 atom stereocenters. The first-order chi connectivity index (χ1) is 35.6. The van der Waals surface area contributed by atoms with Gasteiger partial charge in [0.05, 0.1) is 17.4 Å². The molecule has 3 nitrogen and oxygen atoms in total. The minimum atomic E-state index is -0.0557. The van der Waals surface area contributed by atoms with E-state index in [-0.39, 0.29) is 50.7 Å². The number of hydrogen-bond donors (Lipinski definition) is 0. The average molecular weight is 1010 g/mol. The zero-order valence-corrected chi connectivity index (χ0v) is 50.0. The fraction of sp³-hybridized carbons (Fsp3) is 0.556. The molecule has 7 aliphatic carbocycles. The molecule has 76 heavy (non-hydrogen) atoms. The van der Waals surface area contributed by atoms with Crippen LogP contribution in [0.3, 0.4) is 0 Å². The van der Waals surface area contributed by atoms with Gasteiger partial charge in [-0.2, -0.15) is 0 Å². The highest BCUT2D eigenvalue weighted by Crippen LogP contribution is 2.64. The summed E-state index contributed by atoms with van der Waals surface area (Å²) in [6, 6.07) is 24.7. The predicted molar refractivity (Wildman–Crippen MR) is 323 cm³/mol. The van der Waals surface area contributed by atoms with E-state index in [4.69, 9.17) is 4.42 Å². The summed E-state index contributed by atoms with van der Waals surface area (Å²) in [5.41, 5.74) is 25.1. The largest absolute Gasteiger partial charge is 0.468 e. The lowest BCUT2D eigenvalue weighted by Gasteiger charge is -2.57. The number of fused-ring (bicyclic) bond motifs is 9. The van der Waals surface area contributed by atoms with Crippen molar-refractivity contribution in [3.8, 4) is 0 Å². The van der Waals surface area contributed by atoms with Crippen LogP contribution in [0.2, 0.25) is 0 Å². The van der Waals surface area contributed by atoms with E-state index in [1.807, 2.05) is 0 Å². The lowest BCUT2D eigenvalue weighted by Crippen LogP contribution is -2.58. The second kappa shape index (κ2) is 16.4. The Morgan fingerprint density at radius 2 is 1.29 bits per heavy atom. The van der Waals surface area contributed by atoms with Crippen molar-refractivity contribution in [1.82, 2.24) is 4.90 Å². The molecule has 2 saturated carbocycles. The summed E-state index contributed by atoms with van der Waals surface area (Å²) in [5, 5.41) is 1.31. The van der Waals surface area contributed by atoms with Crippen LogP contribution in [-0.2, 0) is 10.8 Å². The van der Waals surface area contributed by atoms with Crippen LogP contribution in [0.15, 0.2) is 129 Å². The molecule has 3 heterocycles. The Morgan fingerprint density at radius 1 is 0.645 bits per heavy atom. The summed E-state index contributed by atoms with van der Waals surface area (Å²) in [7, 11) is 0. The SMILES string of the molecule is CC1CCC(C)c2cc3c4c(oc3cc21)B1C2=C(CC3C(=C2)C(C)(C)CCC3(C)C)N(C2=C(c3ccccc3)C3C(C=C2)C(C)(C)CCC3(C)C)C2=C1C(CC(C(C)(C)C)=C2)N4c1ccc2c(c1)C(C)(C)CCC2(C)C. The van der Waals surface area contributed by atoms with E-state index < -0.39 is 0 Å². The predicted octanol–water partition coefficient (Wildman–Crippen LogP) is 19.1. The Kier molecular flexibility index (Phi) is 11.0. The Labute approximate surface area is 459 Å². The van der Waals surface area contributed by atoms with Gasteiger partial charge >= 0.3 is 0 Å². The molecule has 0 amide bonds. The van der Waals surface area contributed by atoms with E-state index >= 15 is 0 Å². The van der Waals surface area contributed by atoms with Crippen molar-refractivity contribution >= 4 is 40.3 Å². The number of anilines is 2. The Bertz CT molecular complexity index is 3320. The molecule has 6 unspecified atom stereocenters. The molecule has 4 heteroatoms. The summed E-state index contributed by atoms with van der Waals surface area (Å²) in [4.78, 5) is 5.80. The van der Waals surface area contributed by atoms with Crippen LogP contribution in [0.4, 0.5) is 11.4 Å². The van der Waals surface area contributed by atoms with Crippen LogP contribution < -0.4 is 10.6 Å². The highest BCUT2D eigenvalue weighted by Gasteiger charge is 2.58. The van der Waals surface area contributed by atoms with Gasteiger partial charge in [0.2, 0.25) is 0 Å². The van der Waals surface area contributed by atoms with Crippen LogP contribution >= 0.6 is 0 Å². The minimum Gasteiger partial charge on any atom is -0.468 e. The monoisotopic (exact) mass is 1010 g/mol. The highest BCUT2D eigenvalue weighted by molar-refractivity contribution is 6.88. The third kappa shape index (κ3) is 7.38. The molecule has 13 rings (SSSR count). The number of nitrogens with zero attached hydrogens (tertiary/aromatic N) is 2. The number of allylic oxidation sites excluding steroid dienone is 8. The highest BCUT2D eigenvalue weighted by atomic mass is 16.3. The quantitative estimate of drug-likeness (QED) is 0.191. The van der Waals surface area contributed by atoms with E-state index in [1.165, 1.54) is 130 Å². The van der Waals surface area contributed by atoms with E-state index in [1.54, 1.807) is 11.1 Å². The van der Waals surface area contributed by atoms with E-state index in [0.717, 1.165) is 24.1 Å².